The van der Waals surface area contributed by atoms with Gasteiger partial charge in [-0.3, -0.25) is 9.59 Å². The number of rotatable bonds is 6. The van der Waals surface area contributed by atoms with Crippen molar-refractivity contribution in [2.75, 3.05) is 36.5 Å². The van der Waals surface area contributed by atoms with Gasteiger partial charge in [-0.1, -0.05) is 23.7 Å². The number of likely N-dealkylation sites (N-methyl/N-ethyl adjacent to an activating group) is 1. The smallest absolute Gasteiger partial charge is 0.248 e. The third-order valence-electron chi connectivity index (χ3n) is 5.62. The zero-order valence-electron chi connectivity index (χ0n) is 18.6. The van der Waals surface area contributed by atoms with Crippen LogP contribution in [0.1, 0.15) is 17.3 Å². The zero-order chi connectivity index (χ0) is 24.1. The van der Waals surface area contributed by atoms with E-state index >= 15 is 0 Å². The van der Waals surface area contributed by atoms with Gasteiger partial charge in [-0.15, -0.1) is 0 Å². The Labute approximate surface area is 202 Å². The van der Waals surface area contributed by atoms with Crippen LogP contribution in [0.3, 0.4) is 0 Å². The van der Waals surface area contributed by atoms with Crippen molar-refractivity contribution in [2.45, 2.75) is 5.92 Å². The van der Waals surface area contributed by atoms with Crippen molar-refractivity contribution < 1.29 is 9.59 Å². The number of nitrogens with zero attached hydrogens (tertiary/aromatic N) is 3. The van der Waals surface area contributed by atoms with Crippen LogP contribution in [0.4, 0.5) is 17.1 Å². The Bertz CT molecular complexity index is 1200. The molecule has 1 aliphatic heterocycles. The van der Waals surface area contributed by atoms with E-state index in [9.17, 15) is 9.59 Å². The summed E-state index contributed by atoms with van der Waals surface area (Å²) in [4.78, 5) is 36.2. The van der Waals surface area contributed by atoms with E-state index in [0.29, 0.717) is 46.6 Å². The Balaban J connectivity index is 1.40. The molecule has 2 heterocycles. The lowest BCUT2D eigenvalue weighted by molar-refractivity contribution is -0.120. The first kappa shape index (κ1) is 23.4. The molecule has 9 heteroatoms. The number of anilines is 3. The van der Waals surface area contributed by atoms with Gasteiger partial charge in [-0.25, -0.2) is 9.97 Å². The Morgan fingerprint density at radius 1 is 1.06 bits per heavy atom. The second-order valence-corrected chi connectivity index (χ2v) is 8.65. The summed E-state index contributed by atoms with van der Waals surface area (Å²) in [5.41, 5.74) is 8.26. The van der Waals surface area contributed by atoms with E-state index in [4.69, 9.17) is 17.3 Å². The summed E-state index contributed by atoms with van der Waals surface area (Å²) >= 11 is 5.92. The molecule has 0 spiro atoms. The summed E-state index contributed by atoms with van der Waals surface area (Å²) in [6, 6.07) is 14.1. The largest absolute Gasteiger partial charge is 0.397 e. The van der Waals surface area contributed by atoms with Crippen LogP contribution in [0.5, 0.6) is 0 Å². The normalized spacial score (nSPS) is 18.2. The van der Waals surface area contributed by atoms with Crippen molar-refractivity contribution in [3.63, 3.8) is 0 Å². The molecule has 2 atom stereocenters. The quantitative estimate of drug-likeness (QED) is 0.369. The molecule has 4 N–H and O–H groups in total. The maximum absolute atomic E-state index is 13.0. The van der Waals surface area contributed by atoms with Crippen molar-refractivity contribution in [3.8, 4) is 0 Å². The number of benzene rings is 2. The minimum absolute atomic E-state index is 0.0823. The zero-order valence-corrected chi connectivity index (χ0v) is 19.4. The molecule has 3 aromatic rings. The van der Waals surface area contributed by atoms with E-state index in [1.54, 1.807) is 67.0 Å². The molecule has 0 bridgehead atoms. The Kier molecular flexibility index (Phi) is 7.20. The highest BCUT2D eigenvalue weighted by Gasteiger charge is 2.38. The number of likely N-dealkylation sites (tertiary alicyclic amines) is 1. The van der Waals surface area contributed by atoms with Crippen LogP contribution < -0.4 is 16.4 Å². The van der Waals surface area contributed by atoms with Crippen molar-refractivity contribution in [2.24, 2.45) is 5.92 Å². The molecule has 1 fully saturated rings. The number of halogens is 1. The first-order chi connectivity index (χ1) is 16.4. The number of hydrogen-bond acceptors (Lipinski definition) is 6. The fraction of sp³-hybridized carbons (Fsp3) is 0.200. The SMILES string of the molecule is CN1CC(C(=O)Nc2ccc(Cl)cc2)C(c2ncc(C=CC(=O)Nc3ccccc3N)cn2)C1. The third-order valence-corrected chi connectivity index (χ3v) is 5.87. The van der Waals surface area contributed by atoms with Crippen LogP contribution in [0.2, 0.25) is 5.02 Å². The van der Waals surface area contributed by atoms with Crippen molar-refractivity contribution in [3.05, 3.63) is 83.4 Å². The number of carbonyl (C=O) groups excluding carboxylic acids is 2. The molecule has 2 amide bonds. The second-order valence-electron chi connectivity index (χ2n) is 8.21. The van der Waals surface area contributed by atoms with Gasteiger partial charge in [0.2, 0.25) is 11.8 Å². The number of nitrogens with one attached hydrogen (secondary N) is 2. The first-order valence-electron chi connectivity index (χ1n) is 10.8. The molecular formula is C25H25ClN6O2. The predicted octanol–water partition coefficient (Wildman–Crippen LogP) is 3.65. The lowest BCUT2D eigenvalue weighted by atomic mass is 9.94. The molecule has 8 nitrogen and oxygen atoms in total. The Morgan fingerprint density at radius 3 is 2.47 bits per heavy atom. The topological polar surface area (TPSA) is 113 Å². The minimum Gasteiger partial charge on any atom is -0.397 e. The minimum atomic E-state index is -0.307. The molecule has 0 saturated carbocycles. The highest BCUT2D eigenvalue weighted by molar-refractivity contribution is 6.30. The van der Waals surface area contributed by atoms with Gasteiger partial charge >= 0.3 is 0 Å². The van der Waals surface area contributed by atoms with Gasteiger partial charge in [0.1, 0.15) is 5.82 Å². The average molecular weight is 477 g/mol. The Hall–Kier alpha value is -3.75. The molecule has 0 aliphatic carbocycles. The van der Waals surface area contributed by atoms with Gasteiger partial charge in [-0.05, 0) is 49.5 Å². The van der Waals surface area contributed by atoms with Crippen LogP contribution in [0.25, 0.3) is 6.08 Å². The van der Waals surface area contributed by atoms with Gasteiger partial charge in [0.05, 0.1) is 17.3 Å². The summed E-state index contributed by atoms with van der Waals surface area (Å²) in [6.07, 6.45) is 6.32. The highest BCUT2D eigenvalue weighted by atomic mass is 35.5. The number of aromatic nitrogens is 2. The summed E-state index contributed by atoms with van der Waals surface area (Å²) in [6.45, 7) is 1.28. The molecule has 0 radical (unpaired) electrons. The summed E-state index contributed by atoms with van der Waals surface area (Å²) in [7, 11) is 1.97. The maximum atomic E-state index is 13.0. The van der Waals surface area contributed by atoms with Gasteiger partial charge in [0, 0.05) is 53.8 Å². The van der Waals surface area contributed by atoms with E-state index in [1.807, 2.05) is 7.05 Å². The summed E-state index contributed by atoms with van der Waals surface area (Å²) in [5.74, 6) is -0.220. The molecule has 174 valence electrons. The lowest BCUT2D eigenvalue weighted by Gasteiger charge is -2.17. The van der Waals surface area contributed by atoms with Crippen molar-refractivity contribution >= 4 is 46.6 Å². The fourth-order valence-electron chi connectivity index (χ4n) is 3.88. The number of para-hydroxylation sites is 2. The van der Waals surface area contributed by atoms with Crippen LogP contribution in [0.15, 0.2) is 67.0 Å². The molecule has 2 unspecified atom stereocenters. The van der Waals surface area contributed by atoms with Gasteiger partial charge in [0.25, 0.3) is 0 Å². The predicted molar refractivity (Wildman–Crippen MR) is 134 cm³/mol. The van der Waals surface area contributed by atoms with Crippen LogP contribution >= 0.6 is 11.6 Å². The van der Waals surface area contributed by atoms with E-state index in [-0.39, 0.29) is 23.7 Å². The number of carbonyl (C=O) groups is 2. The third kappa shape index (κ3) is 5.78. The maximum Gasteiger partial charge on any atom is 0.248 e. The standard InChI is InChI=1S/C25H25ClN6O2/c1-32-14-19(20(15-32)25(34)30-18-9-7-17(26)8-10-18)24-28-12-16(13-29-24)6-11-23(33)31-22-5-3-2-4-21(22)27/h2-13,19-20H,14-15,27H2,1H3,(H,30,34)(H,31,33). The number of hydrogen-bond donors (Lipinski definition) is 3. The van der Waals surface area contributed by atoms with E-state index in [1.165, 1.54) is 6.08 Å². The number of nitrogen functional groups attached to an aromatic ring is 1. The van der Waals surface area contributed by atoms with Gasteiger partial charge < -0.3 is 21.3 Å². The molecule has 1 aromatic heterocycles. The first-order valence-corrected chi connectivity index (χ1v) is 11.2. The van der Waals surface area contributed by atoms with Crippen molar-refractivity contribution in [1.82, 2.24) is 14.9 Å². The molecule has 34 heavy (non-hydrogen) atoms. The number of nitrogens with two attached hydrogens (primary N) is 1. The van der Waals surface area contributed by atoms with E-state index in [0.717, 1.165) is 0 Å². The highest BCUT2D eigenvalue weighted by Crippen LogP contribution is 2.31. The Morgan fingerprint density at radius 2 is 1.76 bits per heavy atom. The average Bonchev–Trinajstić information content (AvgIpc) is 3.23. The van der Waals surface area contributed by atoms with Gasteiger partial charge in [-0.2, -0.15) is 0 Å². The molecule has 4 rings (SSSR count). The van der Waals surface area contributed by atoms with E-state index < -0.39 is 0 Å². The fourth-order valence-corrected chi connectivity index (χ4v) is 4.00. The summed E-state index contributed by atoms with van der Waals surface area (Å²) < 4.78 is 0. The van der Waals surface area contributed by atoms with E-state index in [2.05, 4.69) is 25.5 Å². The number of amides is 2. The van der Waals surface area contributed by atoms with Crippen LogP contribution in [0, 0.1) is 5.92 Å². The van der Waals surface area contributed by atoms with Gasteiger partial charge in [0.15, 0.2) is 0 Å². The molecule has 2 aromatic carbocycles. The van der Waals surface area contributed by atoms with Crippen LogP contribution in [-0.4, -0.2) is 46.8 Å². The summed E-state index contributed by atoms with van der Waals surface area (Å²) in [5, 5.41) is 6.30. The van der Waals surface area contributed by atoms with Crippen molar-refractivity contribution in [1.29, 1.82) is 0 Å². The lowest BCUT2D eigenvalue weighted by Crippen LogP contribution is -2.29. The monoisotopic (exact) mass is 476 g/mol. The van der Waals surface area contributed by atoms with Crippen LogP contribution in [-0.2, 0) is 9.59 Å². The molecular weight excluding hydrogens is 452 g/mol. The second kappa shape index (κ2) is 10.5. The molecule has 1 saturated heterocycles. The molecule has 1 aliphatic rings.